The summed E-state index contributed by atoms with van der Waals surface area (Å²) in [5, 5.41) is 0. The minimum Gasteiger partial charge on any atom is -0.314 e. The van der Waals surface area contributed by atoms with Crippen LogP contribution in [0.15, 0.2) is 339 Å². The van der Waals surface area contributed by atoms with Crippen LogP contribution in [0.5, 0.6) is 0 Å². The number of benzene rings is 10. The van der Waals surface area contributed by atoms with Crippen LogP contribution in [0.2, 0.25) is 0 Å². The van der Waals surface area contributed by atoms with Gasteiger partial charge in [-0.15, -0.1) is 0 Å². The topological polar surface area (TPSA) is 13.0 Å². The van der Waals surface area contributed by atoms with Crippen LogP contribution in [-0.2, 0) is 0 Å². The normalized spacial score (nSPS) is 12.4. The highest BCUT2D eigenvalue weighted by Gasteiger charge is 2.21. The highest BCUT2D eigenvalue weighted by Crippen LogP contribution is 2.42. The van der Waals surface area contributed by atoms with Gasteiger partial charge in [0.2, 0.25) is 0 Å². The molecule has 0 N–H and O–H groups in total. The first kappa shape index (κ1) is 51.0. The number of anilines is 10. The Kier molecular flexibility index (Phi) is 15.6. The monoisotopic (exact) mass is 1020 g/mol. The van der Waals surface area contributed by atoms with Gasteiger partial charge in [0.25, 0.3) is 0 Å². The van der Waals surface area contributed by atoms with Crippen LogP contribution < -0.4 is 19.6 Å². The molecule has 4 heteroatoms. The molecule has 0 atom stereocenters. The molecule has 0 fully saturated rings. The van der Waals surface area contributed by atoms with Crippen LogP contribution in [0.3, 0.4) is 0 Å². The zero-order chi connectivity index (χ0) is 53.8. The van der Waals surface area contributed by atoms with Crippen LogP contribution in [0.25, 0.3) is 22.3 Å². The molecule has 0 aliphatic heterocycles. The van der Waals surface area contributed by atoms with Crippen molar-refractivity contribution in [3.05, 3.63) is 350 Å². The molecule has 0 heterocycles. The summed E-state index contributed by atoms with van der Waals surface area (Å²) in [6.07, 6.45) is 14.2. The number of hydrogen-bond acceptors (Lipinski definition) is 4. The van der Waals surface area contributed by atoms with E-state index in [-0.39, 0.29) is 0 Å². The Bertz CT molecular complexity index is 3770. The Hall–Kier alpha value is -10.2. The summed E-state index contributed by atoms with van der Waals surface area (Å²) in [4.78, 5) is 9.34. The molecule has 0 bridgehead atoms. The van der Waals surface area contributed by atoms with Crippen LogP contribution in [0, 0.1) is 0 Å². The first-order chi connectivity index (χ1) is 39.0. The number of allylic oxidation sites excluding steroid dienone is 9. The van der Waals surface area contributed by atoms with Gasteiger partial charge in [0.05, 0.1) is 0 Å². The van der Waals surface area contributed by atoms with E-state index in [1.807, 2.05) is 6.07 Å². The number of nitrogens with zero attached hydrogens (tertiary/aromatic N) is 4. The lowest BCUT2D eigenvalue weighted by Gasteiger charge is -2.30. The third-order valence-corrected chi connectivity index (χ3v) is 14.3. The van der Waals surface area contributed by atoms with Crippen LogP contribution in [0.1, 0.15) is 31.4 Å². The van der Waals surface area contributed by atoms with E-state index in [2.05, 4.69) is 349 Å². The second kappa shape index (κ2) is 24.2. The number of hydrogen-bond donors (Lipinski definition) is 0. The molecule has 1 aliphatic rings. The molecule has 4 nitrogen and oxygen atoms in total. The lowest BCUT2D eigenvalue weighted by Crippen LogP contribution is -2.17. The molecule has 11 rings (SSSR count). The summed E-state index contributed by atoms with van der Waals surface area (Å²) in [6, 6.07) is 99.0. The Morgan fingerprint density at radius 3 is 1.15 bits per heavy atom. The van der Waals surface area contributed by atoms with Gasteiger partial charge >= 0.3 is 0 Å². The standard InChI is InChI=1S/C75H62N4/c1-4-75(58(3)56-57(2)59-24-11-5-12-25-59)79(67-35-21-10-22-36-67)74-54-52-73(53-55-74)78(66-33-19-9-20-34-66)70-46-41-63(42-47-70)62-39-44-69(45-40-62)77(65-31-17-8-18-32-65)72-50-48-71(49-51-72)76(64-29-15-7-16-30-64)68-37-23-28-61(38-43-68)60-26-13-6-14-27-60/h4-36,38-56H,2,37H2,1,3H3/b58-56-,75-4+. The van der Waals surface area contributed by atoms with Crippen molar-refractivity contribution in [2.45, 2.75) is 20.3 Å². The van der Waals surface area contributed by atoms with Gasteiger partial charge in [0, 0.05) is 74.7 Å². The van der Waals surface area contributed by atoms with Crippen LogP contribution in [-0.4, -0.2) is 0 Å². The maximum Gasteiger partial charge on any atom is 0.0463 e. The number of rotatable bonds is 17. The molecule has 79 heavy (non-hydrogen) atoms. The van der Waals surface area contributed by atoms with Gasteiger partial charge in [-0.1, -0.05) is 189 Å². The maximum absolute atomic E-state index is 4.43. The molecule has 382 valence electrons. The van der Waals surface area contributed by atoms with Crippen molar-refractivity contribution in [3.63, 3.8) is 0 Å². The van der Waals surface area contributed by atoms with Crippen LogP contribution >= 0.6 is 0 Å². The van der Waals surface area contributed by atoms with Gasteiger partial charge in [-0.2, -0.15) is 0 Å². The average molecular weight is 1020 g/mol. The Balaban J connectivity index is 0.864. The zero-order valence-electron chi connectivity index (χ0n) is 44.7. The Morgan fingerprint density at radius 1 is 0.367 bits per heavy atom. The molecule has 0 saturated carbocycles. The summed E-state index contributed by atoms with van der Waals surface area (Å²) in [6.45, 7) is 8.69. The summed E-state index contributed by atoms with van der Waals surface area (Å²) in [5.41, 5.74) is 20.9. The molecular formula is C75H62N4. The summed E-state index contributed by atoms with van der Waals surface area (Å²) >= 11 is 0. The van der Waals surface area contributed by atoms with Crippen molar-refractivity contribution >= 4 is 68.0 Å². The summed E-state index contributed by atoms with van der Waals surface area (Å²) in [5.74, 6) is 0. The SMILES string of the molecule is C=C(/C=C(C)\C(=C/C)N(c1ccccc1)c1ccc(N(c2ccccc2)c2ccc(-c3ccc(N(c4ccccc4)c4ccc(N(C5=CC=C(c6ccccc6)C=CC5)c5ccccc5)cc4)cc3)cc2)cc1)c1ccccc1. The molecule has 0 aromatic heterocycles. The van der Waals surface area contributed by atoms with E-state index in [0.29, 0.717) is 0 Å². The fourth-order valence-corrected chi connectivity index (χ4v) is 10.4. The van der Waals surface area contributed by atoms with Gasteiger partial charge in [-0.25, -0.2) is 0 Å². The van der Waals surface area contributed by atoms with E-state index >= 15 is 0 Å². The van der Waals surface area contributed by atoms with E-state index in [1.54, 1.807) is 0 Å². The first-order valence-electron chi connectivity index (χ1n) is 27.0. The fraction of sp³-hybridized carbons (Fsp3) is 0.0400. The maximum atomic E-state index is 4.43. The molecule has 10 aromatic rings. The van der Waals surface area contributed by atoms with Gasteiger partial charge in [0.15, 0.2) is 0 Å². The van der Waals surface area contributed by atoms with Crippen molar-refractivity contribution in [2.24, 2.45) is 0 Å². The molecule has 0 amide bonds. The van der Waals surface area contributed by atoms with Crippen molar-refractivity contribution in [2.75, 3.05) is 19.6 Å². The largest absolute Gasteiger partial charge is 0.314 e. The lowest BCUT2D eigenvalue weighted by molar-refractivity contribution is 1.08. The minimum atomic E-state index is 0.798. The van der Waals surface area contributed by atoms with E-state index < -0.39 is 0 Å². The van der Waals surface area contributed by atoms with Gasteiger partial charge < -0.3 is 19.6 Å². The van der Waals surface area contributed by atoms with Crippen molar-refractivity contribution in [1.29, 1.82) is 0 Å². The highest BCUT2D eigenvalue weighted by atomic mass is 15.2. The quantitative estimate of drug-likeness (QED) is 0.0843. The molecule has 0 unspecified atom stereocenters. The van der Waals surface area contributed by atoms with E-state index in [0.717, 1.165) is 96.8 Å². The second-order valence-corrected chi connectivity index (χ2v) is 19.5. The van der Waals surface area contributed by atoms with Crippen LogP contribution in [0.4, 0.5) is 56.9 Å². The molecule has 1 aliphatic carbocycles. The van der Waals surface area contributed by atoms with Gasteiger partial charge in [0.1, 0.15) is 0 Å². The van der Waals surface area contributed by atoms with Crippen molar-refractivity contribution in [3.8, 4) is 11.1 Å². The molecule has 0 radical (unpaired) electrons. The fourth-order valence-electron chi connectivity index (χ4n) is 10.4. The third-order valence-electron chi connectivity index (χ3n) is 14.3. The van der Waals surface area contributed by atoms with E-state index in [1.165, 1.54) is 16.8 Å². The molecule has 10 aromatic carbocycles. The Morgan fingerprint density at radius 2 is 0.709 bits per heavy atom. The number of para-hydroxylation sites is 4. The zero-order valence-corrected chi connectivity index (χ0v) is 44.7. The van der Waals surface area contributed by atoms with Crippen molar-refractivity contribution < 1.29 is 0 Å². The van der Waals surface area contributed by atoms with Gasteiger partial charge in [-0.05, 0) is 186 Å². The third kappa shape index (κ3) is 11.7. The second-order valence-electron chi connectivity index (χ2n) is 19.5. The predicted octanol–water partition coefficient (Wildman–Crippen LogP) is 21.1. The summed E-state index contributed by atoms with van der Waals surface area (Å²) < 4.78 is 0. The lowest BCUT2D eigenvalue weighted by atomic mass is 10.0. The molecule has 0 spiro atoms. The highest BCUT2D eigenvalue weighted by molar-refractivity contribution is 5.84. The first-order valence-corrected chi connectivity index (χ1v) is 27.0. The van der Waals surface area contributed by atoms with Crippen molar-refractivity contribution in [1.82, 2.24) is 0 Å². The van der Waals surface area contributed by atoms with Gasteiger partial charge in [-0.3, -0.25) is 0 Å². The summed E-state index contributed by atoms with van der Waals surface area (Å²) in [7, 11) is 0. The minimum absolute atomic E-state index is 0.798. The van der Waals surface area contributed by atoms with E-state index in [9.17, 15) is 0 Å². The molecule has 0 saturated heterocycles. The predicted molar refractivity (Wildman–Crippen MR) is 338 cm³/mol. The smallest absolute Gasteiger partial charge is 0.0463 e. The van der Waals surface area contributed by atoms with E-state index in [4.69, 9.17) is 0 Å². The average Bonchev–Trinajstić information content (AvgIpc) is 3.78. The Labute approximate surface area is 466 Å². The molecular weight excluding hydrogens is 957 g/mol.